The molecule has 6 heteroatoms. The van der Waals surface area contributed by atoms with Crippen LogP contribution in [0.2, 0.25) is 0 Å². The molecular formula is C26H28N2O3S. The Labute approximate surface area is 189 Å². The minimum Gasteiger partial charge on any atom is -0.349 e. The van der Waals surface area contributed by atoms with E-state index in [2.05, 4.69) is 5.32 Å². The van der Waals surface area contributed by atoms with Crippen LogP contribution in [0.5, 0.6) is 0 Å². The van der Waals surface area contributed by atoms with Crippen molar-refractivity contribution in [2.75, 3.05) is 0 Å². The van der Waals surface area contributed by atoms with E-state index in [0.717, 1.165) is 11.1 Å². The molecule has 2 atom stereocenters. The van der Waals surface area contributed by atoms with E-state index in [1.807, 2.05) is 60.7 Å². The van der Waals surface area contributed by atoms with Crippen LogP contribution < -0.4 is 11.1 Å². The lowest BCUT2D eigenvalue weighted by Gasteiger charge is -2.19. The average Bonchev–Trinajstić information content (AvgIpc) is 2.82. The molecule has 1 amide bonds. The molecule has 0 fully saturated rings. The van der Waals surface area contributed by atoms with Crippen molar-refractivity contribution < 1.29 is 13.2 Å². The third-order valence-electron chi connectivity index (χ3n) is 5.11. The van der Waals surface area contributed by atoms with Crippen LogP contribution in [0.3, 0.4) is 0 Å². The summed E-state index contributed by atoms with van der Waals surface area (Å²) >= 11 is 0. The van der Waals surface area contributed by atoms with Crippen LogP contribution in [-0.4, -0.2) is 26.4 Å². The number of carbonyl (C=O) groups is 1. The first-order valence-corrected chi connectivity index (χ1v) is 12.1. The number of sulfone groups is 1. The van der Waals surface area contributed by atoms with E-state index in [0.29, 0.717) is 19.3 Å². The summed E-state index contributed by atoms with van der Waals surface area (Å²) in [6, 6.07) is 26.4. The molecule has 0 aliphatic carbocycles. The largest absolute Gasteiger partial charge is 0.349 e. The topological polar surface area (TPSA) is 89.3 Å². The standard InChI is InChI=1S/C26H28N2O3S/c27-25(20-22-12-6-2-7-13-22)26(29)28-23(17-16-21-10-4-1-5-11-21)18-19-32(30,31)24-14-8-3-9-15-24/h1-15,18-19,23,25H,16-17,20,27H2,(H,28,29)/b19-18+/t23-,25?/m0/s1. The van der Waals surface area contributed by atoms with Gasteiger partial charge in [-0.2, -0.15) is 0 Å². The van der Waals surface area contributed by atoms with Gasteiger partial charge in [0, 0.05) is 11.4 Å². The molecule has 0 spiro atoms. The van der Waals surface area contributed by atoms with Crippen LogP contribution in [-0.2, 0) is 27.5 Å². The molecule has 5 nitrogen and oxygen atoms in total. The zero-order chi connectivity index (χ0) is 22.8. The number of nitrogens with one attached hydrogen (secondary N) is 1. The molecule has 3 N–H and O–H groups in total. The molecule has 0 saturated heterocycles. The molecule has 0 aromatic heterocycles. The van der Waals surface area contributed by atoms with Gasteiger partial charge in [-0.1, -0.05) is 84.9 Å². The minimum absolute atomic E-state index is 0.213. The van der Waals surface area contributed by atoms with Gasteiger partial charge in [0.1, 0.15) is 0 Å². The van der Waals surface area contributed by atoms with E-state index in [9.17, 15) is 13.2 Å². The highest BCUT2D eigenvalue weighted by molar-refractivity contribution is 7.94. The fraction of sp³-hybridized carbons (Fsp3) is 0.192. The van der Waals surface area contributed by atoms with E-state index >= 15 is 0 Å². The molecule has 0 bridgehead atoms. The van der Waals surface area contributed by atoms with Crippen molar-refractivity contribution in [3.05, 3.63) is 114 Å². The number of rotatable bonds is 10. The van der Waals surface area contributed by atoms with E-state index < -0.39 is 21.9 Å². The first kappa shape index (κ1) is 23.4. The number of nitrogens with two attached hydrogens (primary N) is 1. The summed E-state index contributed by atoms with van der Waals surface area (Å²) < 4.78 is 25.3. The summed E-state index contributed by atoms with van der Waals surface area (Å²) in [6.45, 7) is 0. The first-order valence-electron chi connectivity index (χ1n) is 10.6. The fourth-order valence-corrected chi connectivity index (χ4v) is 4.41. The Morgan fingerprint density at radius 3 is 1.97 bits per heavy atom. The predicted octanol–water partition coefficient (Wildman–Crippen LogP) is 3.66. The second-order valence-corrected chi connectivity index (χ2v) is 9.46. The van der Waals surface area contributed by atoms with Crippen LogP contribution in [0, 0.1) is 0 Å². The molecule has 0 heterocycles. The average molecular weight is 449 g/mol. The zero-order valence-electron chi connectivity index (χ0n) is 17.8. The lowest BCUT2D eigenvalue weighted by Crippen LogP contribution is -2.46. The van der Waals surface area contributed by atoms with Crippen molar-refractivity contribution >= 4 is 15.7 Å². The Kier molecular flexibility index (Phi) is 8.36. The first-order chi connectivity index (χ1) is 15.4. The van der Waals surface area contributed by atoms with Gasteiger partial charge in [0.25, 0.3) is 0 Å². The Hall–Kier alpha value is -3.22. The van der Waals surface area contributed by atoms with Crippen molar-refractivity contribution in [2.45, 2.75) is 36.2 Å². The Balaban J connectivity index is 1.71. The summed E-state index contributed by atoms with van der Waals surface area (Å²) in [5.41, 5.74) is 8.20. The summed E-state index contributed by atoms with van der Waals surface area (Å²) in [4.78, 5) is 13.0. The van der Waals surface area contributed by atoms with Crippen molar-refractivity contribution in [1.82, 2.24) is 5.32 Å². The van der Waals surface area contributed by atoms with Gasteiger partial charge >= 0.3 is 0 Å². The highest BCUT2D eigenvalue weighted by Crippen LogP contribution is 2.13. The third kappa shape index (κ3) is 7.18. The molecule has 1 unspecified atom stereocenters. The summed E-state index contributed by atoms with van der Waals surface area (Å²) in [6.07, 6.45) is 3.19. The van der Waals surface area contributed by atoms with Gasteiger partial charge in [0.2, 0.25) is 5.91 Å². The van der Waals surface area contributed by atoms with Gasteiger partial charge in [-0.3, -0.25) is 4.79 Å². The lowest BCUT2D eigenvalue weighted by atomic mass is 10.0. The minimum atomic E-state index is -3.61. The lowest BCUT2D eigenvalue weighted by molar-refractivity contribution is -0.122. The van der Waals surface area contributed by atoms with Crippen LogP contribution in [0.4, 0.5) is 0 Å². The summed E-state index contributed by atoms with van der Waals surface area (Å²) in [7, 11) is -3.61. The Morgan fingerprint density at radius 2 is 1.38 bits per heavy atom. The molecule has 3 aromatic rings. The molecule has 0 aliphatic heterocycles. The number of hydrogen-bond donors (Lipinski definition) is 2. The van der Waals surface area contributed by atoms with Gasteiger partial charge in [0.05, 0.1) is 10.9 Å². The van der Waals surface area contributed by atoms with E-state index in [4.69, 9.17) is 5.73 Å². The number of benzene rings is 3. The number of hydrogen-bond acceptors (Lipinski definition) is 4. The fourth-order valence-electron chi connectivity index (χ4n) is 3.32. The number of aryl methyl sites for hydroxylation is 1. The monoisotopic (exact) mass is 448 g/mol. The molecule has 0 saturated carbocycles. The smallest absolute Gasteiger partial charge is 0.237 e. The molecule has 166 valence electrons. The quantitative estimate of drug-likeness (QED) is 0.495. The van der Waals surface area contributed by atoms with Crippen LogP contribution >= 0.6 is 0 Å². The molecule has 0 aliphatic rings. The second kappa shape index (κ2) is 11.4. The summed E-state index contributed by atoms with van der Waals surface area (Å²) in [5.74, 6) is -0.311. The second-order valence-electron chi connectivity index (χ2n) is 7.62. The molecule has 32 heavy (non-hydrogen) atoms. The van der Waals surface area contributed by atoms with Gasteiger partial charge < -0.3 is 11.1 Å². The van der Waals surface area contributed by atoms with Gasteiger partial charge in [0.15, 0.2) is 9.84 Å². The molecular weight excluding hydrogens is 420 g/mol. The van der Waals surface area contributed by atoms with Gasteiger partial charge in [-0.15, -0.1) is 0 Å². The maximum Gasteiger partial charge on any atom is 0.237 e. The van der Waals surface area contributed by atoms with Crippen molar-refractivity contribution in [1.29, 1.82) is 0 Å². The van der Waals surface area contributed by atoms with E-state index in [1.54, 1.807) is 36.4 Å². The highest BCUT2D eigenvalue weighted by atomic mass is 32.2. The summed E-state index contributed by atoms with van der Waals surface area (Å²) in [5, 5.41) is 4.08. The van der Waals surface area contributed by atoms with Crippen LogP contribution in [0.15, 0.2) is 107 Å². The van der Waals surface area contributed by atoms with Gasteiger partial charge in [-0.05, 0) is 42.5 Å². The zero-order valence-corrected chi connectivity index (χ0v) is 18.6. The third-order valence-corrected chi connectivity index (χ3v) is 6.56. The SMILES string of the molecule is NC(Cc1ccccc1)C(=O)N[C@H](/C=C/S(=O)(=O)c1ccccc1)CCc1ccccc1. The predicted molar refractivity (Wildman–Crippen MR) is 128 cm³/mol. The van der Waals surface area contributed by atoms with Crippen molar-refractivity contribution in [3.8, 4) is 0 Å². The Bertz CT molecular complexity index is 1120. The van der Waals surface area contributed by atoms with E-state index in [1.165, 1.54) is 5.41 Å². The van der Waals surface area contributed by atoms with E-state index in [-0.39, 0.29) is 10.8 Å². The number of carbonyl (C=O) groups excluding carboxylic acids is 1. The maximum atomic E-state index is 12.7. The molecule has 3 aromatic carbocycles. The van der Waals surface area contributed by atoms with Crippen LogP contribution in [0.1, 0.15) is 17.5 Å². The Morgan fingerprint density at radius 1 is 0.844 bits per heavy atom. The van der Waals surface area contributed by atoms with Crippen LogP contribution in [0.25, 0.3) is 0 Å². The molecule has 0 radical (unpaired) electrons. The molecule has 3 rings (SSSR count). The normalized spacial score (nSPS) is 13.5. The van der Waals surface area contributed by atoms with Crippen molar-refractivity contribution in [2.24, 2.45) is 5.73 Å². The van der Waals surface area contributed by atoms with Crippen molar-refractivity contribution in [3.63, 3.8) is 0 Å². The number of amides is 1. The maximum absolute atomic E-state index is 12.7. The van der Waals surface area contributed by atoms with Gasteiger partial charge in [-0.25, -0.2) is 8.42 Å². The highest BCUT2D eigenvalue weighted by Gasteiger charge is 2.18.